The third-order valence-electron chi connectivity index (χ3n) is 3.34. The molecule has 2 unspecified atom stereocenters. The predicted octanol–water partition coefficient (Wildman–Crippen LogP) is 2.37. The van der Waals surface area contributed by atoms with Gasteiger partial charge < -0.3 is 15.4 Å². The van der Waals surface area contributed by atoms with Gasteiger partial charge in [-0.3, -0.25) is 4.79 Å². The van der Waals surface area contributed by atoms with E-state index in [0.29, 0.717) is 0 Å². The molecule has 1 rings (SSSR count). The van der Waals surface area contributed by atoms with E-state index in [-0.39, 0.29) is 23.4 Å². The van der Waals surface area contributed by atoms with Gasteiger partial charge in [0.05, 0.1) is 13.2 Å². The molecule has 0 aromatic carbocycles. The fourth-order valence-corrected chi connectivity index (χ4v) is 2.02. The average molecular weight is 282 g/mol. The Morgan fingerprint density at radius 1 is 1.05 bits per heavy atom. The van der Waals surface area contributed by atoms with Crippen molar-refractivity contribution in [1.82, 2.24) is 10.6 Å². The second kappa shape index (κ2) is 7.31. The summed E-state index contributed by atoms with van der Waals surface area (Å²) in [7, 11) is 1.36. The lowest BCUT2D eigenvalue weighted by atomic mass is 9.94. The van der Waals surface area contributed by atoms with E-state index in [4.69, 9.17) is 0 Å². The first-order valence-electron chi connectivity index (χ1n) is 7.16. The summed E-state index contributed by atoms with van der Waals surface area (Å²) >= 11 is 0. The average Bonchev–Trinajstić information content (AvgIpc) is 2.35. The van der Waals surface area contributed by atoms with Gasteiger partial charge in [0.2, 0.25) is 5.91 Å². The van der Waals surface area contributed by atoms with Crippen LogP contribution in [0.1, 0.15) is 46.5 Å². The summed E-state index contributed by atoms with van der Waals surface area (Å²) in [5, 5.41) is 5.82. The summed E-state index contributed by atoms with van der Waals surface area (Å²) in [6.07, 6.45) is 7.37. The number of amides is 2. The van der Waals surface area contributed by atoms with Crippen molar-refractivity contribution in [2.75, 3.05) is 7.11 Å². The van der Waals surface area contributed by atoms with Gasteiger partial charge in [-0.15, -0.1) is 0 Å². The molecule has 0 aromatic rings. The number of hydrogen-bond donors (Lipinski definition) is 2. The molecule has 0 heterocycles. The Labute approximate surface area is 121 Å². The zero-order valence-electron chi connectivity index (χ0n) is 12.9. The minimum Gasteiger partial charge on any atom is -0.453 e. The first-order valence-corrected chi connectivity index (χ1v) is 7.16. The van der Waals surface area contributed by atoms with Gasteiger partial charge >= 0.3 is 6.09 Å². The Hall–Kier alpha value is -1.52. The van der Waals surface area contributed by atoms with E-state index in [1.54, 1.807) is 0 Å². The van der Waals surface area contributed by atoms with Crippen molar-refractivity contribution >= 4 is 12.0 Å². The van der Waals surface area contributed by atoms with Crippen LogP contribution in [0.2, 0.25) is 0 Å². The van der Waals surface area contributed by atoms with Gasteiger partial charge in [-0.2, -0.15) is 0 Å². The second-order valence-electron chi connectivity index (χ2n) is 6.24. The van der Waals surface area contributed by atoms with Crippen molar-refractivity contribution < 1.29 is 14.3 Å². The van der Waals surface area contributed by atoms with Gasteiger partial charge in [-0.05, 0) is 12.8 Å². The van der Waals surface area contributed by atoms with Gasteiger partial charge in [0.1, 0.15) is 0 Å². The van der Waals surface area contributed by atoms with Crippen LogP contribution >= 0.6 is 0 Å². The van der Waals surface area contributed by atoms with Crippen LogP contribution < -0.4 is 10.6 Å². The zero-order valence-corrected chi connectivity index (χ0v) is 12.9. The maximum atomic E-state index is 12.0. The fourth-order valence-electron chi connectivity index (χ4n) is 2.02. The molecule has 5 heteroatoms. The standard InChI is InChI=1S/C15H26N2O3/c1-15(2,3)13(18)16-11-7-5-6-8-12(10-9-11)17-14(19)20-4/h9-12H,5-8H2,1-4H3,(H,16,18)(H,17,19)/b10-9+. The molecule has 2 atom stereocenters. The van der Waals surface area contributed by atoms with Crippen LogP contribution in [0.15, 0.2) is 12.2 Å². The van der Waals surface area contributed by atoms with Crippen LogP contribution in [-0.4, -0.2) is 31.2 Å². The number of alkyl carbamates (subject to hydrolysis) is 1. The summed E-state index contributed by atoms with van der Waals surface area (Å²) in [6.45, 7) is 5.70. The van der Waals surface area contributed by atoms with Crippen molar-refractivity contribution in [3.63, 3.8) is 0 Å². The number of carbonyl (C=O) groups excluding carboxylic acids is 2. The minimum absolute atomic E-state index is 0.0308. The largest absolute Gasteiger partial charge is 0.453 e. The Balaban J connectivity index is 2.61. The molecule has 2 N–H and O–H groups in total. The highest BCUT2D eigenvalue weighted by Gasteiger charge is 2.23. The lowest BCUT2D eigenvalue weighted by Crippen LogP contribution is -2.42. The monoisotopic (exact) mass is 282 g/mol. The molecule has 0 saturated heterocycles. The van der Waals surface area contributed by atoms with E-state index in [1.165, 1.54) is 7.11 Å². The highest BCUT2D eigenvalue weighted by Crippen LogP contribution is 2.16. The van der Waals surface area contributed by atoms with Crippen LogP contribution in [0.3, 0.4) is 0 Å². The van der Waals surface area contributed by atoms with E-state index in [0.717, 1.165) is 25.7 Å². The third-order valence-corrected chi connectivity index (χ3v) is 3.34. The lowest BCUT2D eigenvalue weighted by molar-refractivity contribution is -0.129. The van der Waals surface area contributed by atoms with Crippen molar-refractivity contribution in [2.24, 2.45) is 5.41 Å². The smallest absolute Gasteiger partial charge is 0.407 e. The van der Waals surface area contributed by atoms with Crippen LogP contribution in [0, 0.1) is 5.41 Å². The van der Waals surface area contributed by atoms with Crippen molar-refractivity contribution in [3.05, 3.63) is 12.2 Å². The van der Waals surface area contributed by atoms with E-state index in [9.17, 15) is 9.59 Å². The molecular formula is C15H26N2O3. The van der Waals surface area contributed by atoms with Gasteiger partial charge in [-0.1, -0.05) is 45.8 Å². The molecule has 2 amide bonds. The van der Waals surface area contributed by atoms with Gasteiger partial charge in [0.15, 0.2) is 0 Å². The predicted molar refractivity (Wildman–Crippen MR) is 78.3 cm³/mol. The first kappa shape index (κ1) is 16.5. The van der Waals surface area contributed by atoms with Crippen LogP contribution in [0.4, 0.5) is 4.79 Å². The summed E-state index contributed by atoms with van der Waals surface area (Å²) in [5.41, 5.74) is -0.389. The normalized spacial score (nSPS) is 25.0. The molecule has 1 aliphatic carbocycles. The Bertz CT molecular complexity index is 372. The quantitative estimate of drug-likeness (QED) is 0.764. The summed E-state index contributed by atoms with van der Waals surface area (Å²) in [4.78, 5) is 23.2. The van der Waals surface area contributed by atoms with Crippen LogP contribution in [0.25, 0.3) is 0 Å². The fraction of sp³-hybridized carbons (Fsp3) is 0.733. The number of methoxy groups -OCH3 is 1. The highest BCUT2D eigenvalue weighted by molar-refractivity contribution is 5.81. The van der Waals surface area contributed by atoms with E-state index in [2.05, 4.69) is 15.4 Å². The molecule has 0 bridgehead atoms. The molecule has 114 valence electrons. The van der Waals surface area contributed by atoms with E-state index in [1.807, 2.05) is 32.9 Å². The number of nitrogens with one attached hydrogen (secondary N) is 2. The number of rotatable bonds is 2. The molecule has 0 aliphatic heterocycles. The summed E-state index contributed by atoms with van der Waals surface area (Å²) in [6, 6.07) is 0.000704. The Kier molecular flexibility index (Phi) is 6.05. The molecule has 0 spiro atoms. The molecule has 0 fully saturated rings. The third kappa shape index (κ3) is 5.63. The van der Waals surface area contributed by atoms with E-state index >= 15 is 0 Å². The summed E-state index contributed by atoms with van der Waals surface area (Å²) in [5.74, 6) is 0.0465. The van der Waals surface area contributed by atoms with E-state index < -0.39 is 6.09 Å². The molecular weight excluding hydrogens is 256 g/mol. The van der Waals surface area contributed by atoms with Gasteiger partial charge in [0, 0.05) is 11.5 Å². The van der Waals surface area contributed by atoms with Crippen molar-refractivity contribution in [3.8, 4) is 0 Å². The summed E-state index contributed by atoms with van der Waals surface area (Å²) < 4.78 is 4.61. The SMILES string of the molecule is COC(=O)NC1/C=C/C(NC(=O)C(C)(C)C)CCCC1. The zero-order chi connectivity index (χ0) is 15.2. The van der Waals surface area contributed by atoms with Gasteiger partial charge in [-0.25, -0.2) is 4.79 Å². The number of hydrogen-bond acceptors (Lipinski definition) is 3. The Morgan fingerprint density at radius 2 is 1.55 bits per heavy atom. The van der Waals surface area contributed by atoms with Crippen molar-refractivity contribution in [1.29, 1.82) is 0 Å². The second-order valence-corrected chi connectivity index (χ2v) is 6.24. The van der Waals surface area contributed by atoms with Crippen LogP contribution in [-0.2, 0) is 9.53 Å². The maximum absolute atomic E-state index is 12.0. The number of carbonyl (C=O) groups is 2. The maximum Gasteiger partial charge on any atom is 0.407 e. The van der Waals surface area contributed by atoms with Gasteiger partial charge in [0.25, 0.3) is 0 Å². The molecule has 5 nitrogen and oxygen atoms in total. The van der Waals surface area contributed by atoms with Crippen LogP contribution in [0.5, 0.6) is 0 Å². The number of ether oxygens (including phenoxy) is 1. The highest BCUT2D eigenvalue weighted by atomic mass is 16.5. The molecule has 20 heavy (non-hydrogen) atoms. The molecule has 0 saturated carbocycles. The Morgan fingerprint density at radius 3 is 2.00 bits per heavy atom. The molecule has 0 radical (unpaired) electrons. The molecule has 0 aromatic heterocycles. The lowest BCUT2D eigenvalue weighted by Gasteiger charge is -2.25. The first-order chi connectivity index (χ1) is 9.32. The minimum atomic E-state index is -0.421. The molecule has 1 aliphatic rings. The van der Waals surface area contributed by atoms with Crippen molar-refractivity contribution in [2.45, 2.75) is 58.5 Å². The topological polar surface area (TPSA) is 67.4 Å².